The Hall–Kier alpha value is -2.58. The topological polar surface area (TPSA) is 38.8 Å². The van der Waals surface area contributed by atoms with Crippen molar-refractivity contribution in [2.45, 2.75) is 38.5 Å². The van der Waals surface area contributed by atoms with Crippen molar-refractivity contribution in [2.24, 2.45) is 5.92 Å². The molecule has 1 fully saturated rings. The number of carbonyl (C=O) groups is 1. The van der Waals surface area contributed by atoms with Gasteiger partial charge in [0.05, 0.1) is 12.1 Å². The van der Waals surface area contributed by atoms with E-state index in [9.17, 15) is 18.0 Å². The number of halogens is 3. The van der Waals surface area contributed by atoms with Crippen LogP contribution in [-0.4, -0.2) is 67.4 Å². The predicted octanol–water partition coefficient (Wildman–Crippen LogP) is 4.48. The van der Waals surface area contributed by atoms with Crippen molar-refractivity contribution < 1.29 is 18.0 Å². The fourth-order valence-electron chi connectivity index (χ4n) is 4.69. The lowest BCUT2D eigenvalue weighted by Crippen LogP contribution is -2.40. The molecule has 0 saturated heterocycles. The summed E-state index contributed by atoms with van der Waals surface area (Å²) in [7, 11) is 3.76. The normalized spacial score (nSPS) is 16.3. The van der Waals surface area contributed by atoms with Crippen LogP contribution in [0.2, 0.25) is 0 Å². The molecule has 1 aliphatic heterocycles. The van der Waals surface area contributed by atoms with Gasteiger partial charge in [-0.05, 0) is 68.1 Å². The number of nitrogens with zero attached hydrogens (tertiary/aromatic N) is 3. The molecule has 2 aromatic rings. The molecule has 35 heavy (non-hydrogen) atoms. The molecule has 0 bridgehead atoms. The molecule has 1 saturated carbocycles. The number of carbonyl (C=O) groups excluding carboxylic acids is 1. The summed E-state index contributed by atoms with van der Waals surface area (Å²) in [5.41, 5.74) is 2.90. The van der Waals surface area contributed by atoms with Crippen molar-refractivity contribution in [2.75, 3.05) is 52.1 Å². The summed E-state index contributed by atoms with van der Waals surface area (Å²) in [4.78, 5) is 19.1. The molecule has 2 aliphatic rings. The Bertz CT molecular complexity index is 1020. The standard InChI is InChI=1S/C27H35F3N4O/c1-32(2)14-15-34(19-22-6-3-4-8-24(22)27(28,29)30)26(35)16-31-25-9-5-7-21-18-33(13-12-23(21)25)17-20-10-11-20/h3-9,20,31H,10-19H2,1-2H3. The first-order chi connectivity index (χ1) is 16.7. The maximum absolute atomic E-state index is 13.5. The minimum atomic E-state index is -4.46. The number of likely N-dealkylation sites (N-methyl/N-ethyl adjacent to an activating group) is 1. The molecule has 0 radical (unpaired) electrons. The molecular weight excluding hydrogens is 453 g/mol. The molecule has 2 aromatic carbocycles. The summed E-state index contributed by atoms with van der Waals surface area (Å²) in [6.07, 6.45) is -0.847. The lowest BCUT2D eigenvalue weighted by molar-refractivity contribution is -0.139. The quantitative estimate of drug-likeness (QED) is 0.536. The molecule has 1 N–H and O–H groups in total. The Morgan fingerprint density at radius 1 is 1.09 bits per heavy atom. The third kappa shape index (κ3) is 6.98. The van der Waals surface area contributed by atoms with Crippen LogP contribution >= 0.6 is 0 Å². The largest absolute Gasteiger partial charge is 0.416 e. The molecule has 1 heterocycles. The SMILES string of the molecule is CN(C)CCN(Cc1ccccc1C(F)(F)F)C(=O)CNc1cccc2c1CCN(CC1CC1)C2. The fraction of sp³-hybridized carbons (Fsp3) is 0.519. The Balaban J connectivity index is 1.44. The summed E-state index contributed by atoms with van der Waals surface area (Å²) in [6, 6.07) is 11.6. The average Bonchev–Trinajstić information content (AvgIpc) is 3.63. The Morgan fingerprint density at radius 3 is 2.57 bits per heavy atom. The molecule has 1 amide bonds. The molecule has 0 aromatic heterocycles. The van der Waals surface area contributed by atoms with Crippen molar-refractivity contribution >= 4 is 11.6 Å². The number of hydrogen-bond donors (Lipinski definition) is 1. The number of benzene rings is 2. The first kappa shape index (κ1) is 25.5. The number of rotatable bonds is 10. The molecule has 1 aliphatic carbocycles. The lowest BCUT2D eigenvalue weighted by Gasteiger charge is -2.30. The predicted molar refractivity (Wildman–Crippen MR) is 132 cm³/mol. The minimum absolute atomic E-state index is 0.0455. The Morgan fingerprint density at radius 2 is 1.86 bits per heavy atom. The van der Waals surface area contributed by atoms with E-state index in [0.29, 0.717) is 13.1 Å². The van der Waals surface area contributed by atoms with Crippen molar-refractivity contribution in [1.29, 1.82) is 0 Å². The van der Waals surface area contributed by atoms with E-state index >= 15 is 0 Å². The van der Waals surface area contributed by atoms with E-state index in [4.69, 9.17) is 0 Å². The smallest absolute Gasteiger partial charge is 0.376 e. The van der Waals surface area contributed by atoms with E-state index in [2.05, 4.69) is 16.3 Å². The molecule has 0 atom stereocenters. The summed E-state index contributed by atoms with van der Waals surface area (Å²) in [5.74, 6) is 0.638. The second kappa shape index (κ2) is 11.0. The van der Waals surface area contributed by atoms with Crippen LogP contribution in [0.3, 0.4) is 0 Å². The van der Waals surface area contributed by atoms with Gasteiger partial charge in [0.2, 0.25) is 5.91 Å². The van der Waals surface area contributed by atoms with E-state index in [0.717, 1.165) is 43.7 Å². The highest BCUT2D eigenvalue weighted by Gasteiger charge is 2.33. The van der Waals surface area contributed by atoms with Gasteiger partial charge in [0.25, 0.3) is 0 Å². The van der Waals surface area contributed by atoms with E-state index in [-0.39, 0.29) is 24.6 Å². The van der Waals surface area contributed by atoms with Gasteiger partial charge in [0.1, 0.15) is 0 Å². The van der Waals surface area contributed by atoms with Crippen molar-refractivity contribution in [3.63, 3.8) is 0 Å². The monoisotopic (exact) mass is 488 g/mol. The molecular formula is C27H35F3N4O. The van der Waals surface area contributed by atoms with Gasteiger partial charge in [-0.2, -0.15) is 13.2 Å². The highest BCUT2D eigenvalue weighted by molar-refractivity contribution is 5.81. The van der Waals surface area contributed by atoms with Gasteiger partial charge in [-0.25, -0.2) is 0 Å². The molecule has 0 unspecified atom stereocenters. The van der Waals surface area contributed by atoms with Crippen LogP contribution in [0.15, 0.2) is 42.5 Å². The Labute approximate surface area is 205 Å². The zero-order valence-electron chi connectivity index (χ0n) is 20.6. The van der Waals surface area contributed by atoms with E-state index in [1.165, 1.54) is 41.0 Å². The highest BCUT2D eigenvalue weighted by Crippen LogP contribution is 2.34. The number of amides is 1. The van der Waals surface area contributed by atoms with Crippen molar-refractivity contribution in [1.82, 2.24) is 14.7 Å². The molecule has 0 spiro atoms. The molecule has 190 valence electrons. The fourth-order valence-corrected chi connectivity index (χ4v) is 4.69. The zero-order chi connectivity index (χ0) is 25.0. The van der Waals surface area contributed by atoms with Crippen LogP contribution in [-0.2, 0) is 30.5 Å². The third-order valence-electron chi connectivity index (χ3n) is 6.84. The first-order valence-corrected chi connectivity index (χ1v) is 12.4. The van der Waals surface area contributed by atoms with Crippen LogP contribution in [0.1, 0.15) is 35.1 Å². The number of fused-ring (bicyclic) bond motifs is 1. The first-order valence-electron chi connectivity index (χ1n) is 12.4. The maximum atomic E-state index is 13.5. The van der Waals surface area contributed by atoms with Gasteiger partial charge in [-0.3, -0.25) is 9.69 Å². The number of alkyl halides is 3. The van der Waals surface area contributed by atoms with Crippen LogP contribution in [0.5, 0.6) is 0 Å². The number of hydrogen-bond acceptors (Lipinski definition) is 4. The Kier molecular flexibility index (Phi) is 8.02. The lowest BCUT2D eigenvalue weighted by atomic mass is 9.97. The summed E-state index contributed by atoms with van der Waals surface area (Å²) >= 11 is 0. The second-order valence-electron chi connectivity index (χ2n) is 10.00. The van der Waals surface area contributed by atoms with Gasteiger partial charge < -0.3 is 15.1 Å². The number of anilines is 1. The average molecular weight is 489 g/mol. The minimum Gasteiger partial charge on any atom is -0.376 e. The van der Waals surface area contributed by atoms with Crippen LogP contribution in [0.25, 0.3) is 0 Å². The van der Waals surface area contributed by atoms with Gasteiger partial charge in [-0.1, -0.05) is 30.3 Å². The zero-order valence-corrected chi connectivity index (χ0v) is 20.6. The van der Waals surface area contributed by atoms with Gasteiger partial charge >= 0.3 is 6.18 Å². The van der Waals surface area contributed by atoms with Gasteiger partial charge in [0.15, 0.2) is 0 Å². The molecule has 4 rings (SSSR count). The van der Waals surface area contributed by atoms with E-state index in [1.54, 1.807) is 6.07 Å². The van der Waals surface area contributed by atoms with Crippen LogP contribution in [0.4, 0.5) is 18.9 Å². The second-order valence-corrected chi connectivity index (χ2v) is 10.00. The molecule has 8 heteroatoms. The molecule has 5 nitrogen and oxygen atoms in total. The van der Waals surface area contributed by atoms with Crippen molar-refractivity contribution in [3.8, 4) is 0 Å². The van der Waals surface area contributed by atoms with E-state index in [1.807, 2.05) is 31.1 Å². The summed E-state index contributed by atoms with van der Waals surface area (Å²) < 4.78 is 40.6. The summed E-state index contributed by atoms with van der Waals surface area (Å²) in [6.45, 7) is 3.99. The van der Waals surface area contributed by atoms with Gasteiger partial charge in [0, 0.05) is 45.0 Å². The van der Waals surface area contributed by atoms with E-state index < -0.39 is 11.7 Å². The third-order valence-corrected chi connectivity index (χ3v) is 6.84. The summed E-state index contributed by atoms with van der Waals surface area (Å²) in [5, 5.41) is 3.29. The van der Waals surface area contributed by atoms with Gasteiger partial charge in [-0.15, -0.1) is 0 Å². The van der Waals surface area contributed by atoms with Crippen LogP contribution < -0.4 is 5.32 Å². The highest BCUT2D eigenvalue weighted by atomic mass is 19.4. The van der Waals surface area contributed by atoms with Crippen LogP contribution in [0, 0.1) is 5.92 Å². The van der Waals surface area contributed by atoms with Crippen molar-refractivity contribution in [3.05, 3.63) is 64.7 Å². The number of nitrogens with one attached hydrogen (secondary N) is 1. The maximum Gasteiger partial charge on any atom is 0.416 e.